The summed E-state index contributed by atoms with van der Waals surface area (Å²) in [5.74, 6) is -0.265. The standard InChI is InChI=1S/C22H22N4O4/c1-15-7-9-17(10-8-15)21-23-18(22(30-21)26-11-13-29-14-12-26)20(28)25-24-19(27)16-5-3-2-4-6-16/h2-10H,11-14H2,1H3,(H,24,27)(H,25,28). The molecule has 0 radical (unpaired) electrons. The van der Waals surface area contributed by atoms with Crippen LogP contribution in [-0.4, -0.2) is 43.1 Å². The van der Waals surface area contributed by atoms with E-state index in [2.05, 4.69) is 15.8 Å². The number of aromatic nitrogens is 1. The largest absolute Gasteiger partial charge is 0.420 e. The third-order valence-corrected chi connectivity index (χ3v) is 4.75. The number of oxazole rings is 1. The second-order valence-electron chi connectivity index (χ2n) is 6.91. The van der Waals surface area contributed by atoms with E-state index in [9.17, 15) is 9.59 Å². The van der Waals surface area contributed by atoms with E-state index in [4.69, 9.17) is 9.15 Å². The van der Waals surface area contributed by atoms with Gasteiger partial charge in [0, 0.05) is 24.2 Å². The van der Waals surface area contributed by atoms with Crippen LogP contribution in [0.1, 0.15) is 26.4 Å². The van der Waals surface area contributed by atoms with E-state index in [0.29, 0.717) is 43.6 Å². The quantitative estimate of drug-likeness (QED) is 0.647. The van der Waals surface area contributed by atoms with E-state index >= 15 is 0 Å². The fourth-order valence-corrected chi connectivity index (χ4v) is 3.09. The van der Waals surface area contributed by atoms with Gasteiger partial charge < -0.3 is 14.1 Å². The van der Waals surface area contributed by atoms with Crippen LogP contribution in [0.5, 0.6) is 0 Å². The lowest BCUT2D eigenvalue weighted by atomic mass is 10.1. The highest BCUT2D eigenvalue weighted by Gasteiger charge is 2.27. The maximum Gasteiger partial charge on any atom is 0.293 e. The van der Waals surface area contributed by atoms with Crippen LogP contribution in [0.4, 0.5) is 5.88 Å². The summed E-state index contributed by atoms with van der Waals surface area (Å²) in [6, 6.07) is 16.3. The van der Waals surface area contributed by atoms with Crippen molar-refractivity contribution in [3.05, 3.63) is 71.4 Å². The van der Waals surface area contributed by atoms with Crippen molar-refractivity contribution in [2.45, 2.75) is 6.92 Å². The molecule has 1 fully saturated rings. The zero-order valence-corrected chi connectivity index (χ0v) is 16.6. The average Bonchev–Trinajstić information content (AvgIpc) is 3.24. The van der Waals surface area contributed by atoms with Crippen LogP contribution < -0.4 is 15.8 Å². The highest BCUT2D eigenvalue weighted by molar-refractivity contribution is 6.00. The van der Waals surface area contributed by atoms with Gasteiger partial charge in [-0.15, -0.1) is 0 Å². The van der Waals surface area contributed by atoms with E-state index in [1.807, 2.05) is 42.2 Å². The molecule has 0 spiro atoms. The van der Waals surface area contributed by atoms with Crippen LogP contribution in [0.15, 0.2) is 59.0 Å². The number of nitrogens with one attached hydrogen (secondary N) is 2. The summed E-state index contributed by atoms with van der Waals surface area (Å²) in [4.78, 5) is 31.4. The molecule has 0 unspecified atom stereocenters. The molecule has 2 aromatic carbocycles. The number of nitrogens with zero attached hydrogens (tertiary/aromatic N) is 2. The number of aryl methyl sites for hydroxylation is 1. The van der Waals surface area contributed by atoms with Gasteiger partial charge >= 0.3 is 0 Å². The summed E-state index contributed by atoms with van der Waals surface area (Å²) in [6.45, 7) is 4.23. The van der Waals surface area contributed by atoms with Crippen LogP contribution in [0.2, 0.25) is 0 Å². The second kappa shape index (κ2) is 8.79. The maximum absolute atomic E-state index is 12.8. The Hall–Kier alpha value is -3.65. The van der Waals surface area contributed by atoms with Crippen LogP contribution in [0.25, 0.3) is 11.5 Å². The number of rotatable bonds is 4. The Labute approximate surface area is 173 Å². The molecule has 1 aliphatic heterocycles. The Morgan fingerprint density at radius 3 is 2.30 bits per heavy atom. The van der Waals surface area contributed by atoms with Crippen molar-refractivity contribution >= 4 is 17.7 Å². The van der Waals surface area contributed by atoms with Crippen molar-refractivity contribution in [2.75, 3.05) is 31.2 Å². The SMILES string of the molecule is Cc1ccc(-c2nc(C(=O)NNC(=O)c3ccccc3)c(N3CCOCC3)o2)cc1. The van der Waals surface area contributed by atoms with Crippen LogP contribution in [0, 0.1) is 6.92 Å². The zero-order valence-electron chi connectivity index (χ0n) is 16.6. The highest BCUT2D eigenvalue weighted by atomic mass is 16.5. The molecule has 8 nitrogen and oxygen atoms in total. The number of benzene rings is 2. The van der Waals surface area contributed by atoms with Crippen molar-refractivity contribution < 1.29 is 18.7 Å². The van der Waals surface area contributed by atoms with E-state index in [0.717, 1.165) is 11.1 Å². The summed E-state index contributed by atoms with van der Waals surface area (Å²) in [5.41, 5.74) is 7.28. The maximum atomic E-state index is 12.8. The molecule has 2 N–H and O–H groups in total. The van der Waals surface area contributed by atoms with Gasteiger partial charge in [0.05, 0.1) is 13.2 Å². The minimum absolute atomic E-state index is 0.112. The van der Waals surface area contributed by atoms with Crippen molar-refractivity contribution in [3.8, 4) is 11.5 Å². The molecule has 0 aliphatic carbocycles. The normalized spacial score (nSPS) is 13.7. The number of amides is 2. The van der Waals surface area contributed by atoms with Crippen molar-refractivity contribution in [3.63, 3.8) is 0 Å². The number of hydrogen-bond acceptors (Lipinski definition) is 6. The predicted molar refractivity (Wildman–Crippen MR) is 111 cm³/mol. The van der Waals surface area contributed by atoms with Gasteiger partial charge in [0.1, 0.15) is 0 Å². The Morgan fingerprint density at radius 2 is 1.60 bits per heavy atom. The Balaban J connectivity index is 1.57. The van der Waals surface area contributed by atoms with Gasteiger partial charge in [-0.25, -0.2) is 4.98 Å². The average molecular weight is 406 g/mol. The van der Waals surface area contributed by atoms with Crippen molar-refractivity contribution in [1.82, 2.24) is 15.8 Å². The fourth-order valence-electron chi connectivity index (χ4n) is 3.09. The van der Waals surface area contributed by atoms with E-state index < -0.39 is 11.8 Å². The highest BCUT2D eigenvalue weighted by Crippen LogP contribution is 2.29. The van der Waals surface area contributed by atoms with Gasteiger partial charge in [-0.3, -0.25) is 20.4 Å². The molecule has 1 aliphatic rings. The molecular formula is C22H22N4O4. The number of hydrazine groups is 1. The minimum Gasteiger partial charge on any atom is -0.420 e. The molecular weight excluding hydrogens is 384 g/mol. The van der Waals surface area contributed by atoms with E-state index in [1.54, 1.807) is 24.3 Å². The molecule has 1 saturated heterocycles. The first-order valence-electron chi connectivity index (χ1n) is 9.68. The molecule has 0 atom stereocenters. The molecule has 3 aromatic rings. The first kappa shape index (κ1) is 19.7. The Morgan fingerprint density at radius 1 is 0.933 bits per heavy atom. The number of anilines is 1. The van der Waals surface area contributed by atoms with Gasteiger partial charge in [-0.1, -0.05) is 35.9 Å². The third-order valence-electron chi connectivity index (χ3n) is 4.75. The van der Waals surface area contributed by atoms with Gasteiger partial charge in [-0.2, -0.15) is 0 Å². The van der Waals surface area contributed by atoms with E-state index in [1.165, 1.54) is 0 Å². The number of hydrogen-bond donors (Lipinski definition) is 2. The molecule has 30 heavy (non-hydrogen) atoms. The fraction of sp³-hybridized carbons (Fsp3) is 0.227. The number of morpholine rings is 1. The molecule has 2 amide bonds. The zero-order chi connectivity index (χ0) is 20.9. The van der Waals surface area contributed by atoms with Gasteiger partial charge in [0.25, 0.3) is 11.8 Å². The van der Waals surface area contributed by atoms with Crippen LogP contribution >= 0.6 is 0 Å². The molecule has 4 rings (SSSR count). The van der Waals surface area contributed by atoms with Crippen LogP contribution in [0.3, 0.4) is 0 Å². The molecule has 0 saturated carbocycles. The second-order valence-corrected chi connectivity index (χ2v) is 6.91. The Kier molecular flexibility index (Phi) is 5.76. The van der Waals surface area contributed by atoms with Crippen molar-refractivity contribution in [2.24, 2.45) is 0 Å². The lowest BCUT2D eigenvalue weighted by Gasteiger charge is -2.26. The lowest BCUT2D eigenvalue weighted by molar-refractivity contribution is 0.0843. The topological polar surface area (TPSA) is 96.7 Å². The number of carbonyl (C=O) groups is 2. The summed E-state index contributed by atoms with van der Waals surface area (Å²) in [5, 5.41) is 0. The van der Waals surface area contributed by atoms with Crippen molar-refractivity contribution in [1.29, 1.82) is 0 Å². The third kappa shape index (κ3) is 4.33. The summed E-state index contributed by atoms with van der Waals surface area (Å²) >= 11 is 0. The minimum atomic E-state index is -0.553. The van der Waals surface area contributed by atoms with Gasteiger partial charge in [-0.05, 0) is 31.2 Å². The molecule has 2 heterocycles. The summed E-state index contributed by atoms with van der Waals surface area (Å²) in [7, 11) is 0. The number of ether oxygens (including phenoxy) is 1. The molecule has 8 heteroatoms. The van der Waals surface area contributed by atoms with E-state index in [-0.39, 0.29) is 5.69 Å². The summed E-state index contributed by atoms with van der Waals surface area (Å²) < 4.78 is 11.4. The number of carbonyl (C=O) groups excluding carboxylic acids is 2. The predicted octanol–water partition coefficient (Wildman–Crippen LogP) is 2.56. The van der Waals surface area contributed by atoms with Gasteiger partial charge in [0.15, 0.2) is 5.69 Å². The smallest absolute Gasteiger partial charge is 0.293 e. The lowest BCUT2D eigenvalue weighted by Crippen LogP contribution is -2.43. The van der Waals surface area contributed by atoms with Gasteiger partial charge in [0.2, 0.25) is 11.8 Å². The summed E-state index contributed by atoms with van der Waals surface area (Å²) in [6.07, 6.45) is 0. The molecule has 0 bridgehead atoms. The van der Waals surface area contributed by atoms with Crippen LogP contribution in [-0.2, 0) is 4.74 Å². The Bertz CT molecular complexity index is 1030. The first-order valence-corrected chi connectivity index (χ1v) is 9.68. The molecule has 154 valence electrons. The molecule has 1 aromatic heterocycles. The first-order chi connectivity index (χ1) is 14.6. The monoisotopic (exact) mass is 406 g/mol.